The third-order valence-corrected chi connectivity index (χ3v) is 7.55. The minimum atomic E-state index is -4.25. The van der Waals surface area contributed by atoms with E-state index < -0.39 is 45.2 Å². The van der Waals surface area contributed by atoms with Crippen molar-refractivity contribution in [3.05, 3.63) is 23.8 Å². The fraction of sp³-hybridized carbons (Fsp3) is 0.679. The number of ether oxygens (including phenoxy) is 5. The number of hydrogen-bond donors (Lipinski definition) is 0. The summed E-state index contributed by atoms with van der Waals surface area (Å²) in [5.41, 5.74) is -1.54. The van der Waals surface area contributed by atoms with Crippen molar-refractivity contribution in [3.63, 3.8) is 0 Å². The van der Waals surface area contributed by atoms with Gasteiger partial charge in [0, 0.05) is 12.7 Å². The lowest BCUT2D eigenvalue weighted by molar-refractivity contribution is -0.165. The molecule has 228 valence electrons. The standard InChI is InChI=1S/C28H45NO10S/c1-19(34-9)38-24(30)23(20-13-14-21(35-10)22(17-20)36-11)29-39-40(32,33)16-12-15-37-25(31)28(8,27(5,6)7)18-26(2,3)4/h13-14,17,19H,12,15-16,18H2,1-11H3. The second-order valence-corrected chi connectivity index (χ2v) is 13.5. The molecule has 0 aliphatic carbocycles. The fourth-order valence-corrected chi connectivity index (χ4v) is 4.58. The molecule has 0 radical (unpaired) electrons. The molecule has 40 heavy (non-hydrogen) atoms. The number of nitrogens with zero attached hydrogens (tertiary/aromatic N) is 1. The Labute approximate surface area is 238 Å². The van der Waals surface area contributed by atoms with Crippen LogP contribution >= 0.6 is 0 Å². The van der Waals surface area contributed by atoms with Crippen LogP contribution in [0.4, 0.5) is 0 Å². The zero-order valence-electron chi connectivity index (χ0n) is 25.6. The Hall–Kier alpha value is -2.86. The van der Waals surface area contributed by atoms with Gasteiger partial charge in [-0.25, -0.2) is 4.79 Å². The maximum absolute atomic E-state index is 13.1. The van der Waals surface area contributed by atoms with Gasteiger partial charge in [-0.3, -0.25) is 9.08 Å². The summed E-state index contributed by atoms with van der Waals surface area (Å²) in [5.74, 6) is -1.21. The van der Waals surface area contributed by atoms with Gasteiger partial charge in [0.25, 0.3) is 0 Å². The van der Waals surface area contributed by atoms with E-state index in [0.717, 1.165) is 0 Å². The molecule has 0 aromatic heterocycles. The SMILES string of the molecule is COc1ccc(C(=NOS(=O)(=O)CCCOC(=O)C(C)(CC(C)(C)C)C(C)(C)C)C(=O)OC(C)OC)cc1OC. The van der Waals surface area contributed by atoms with Crippen molar-refractivity contribution >= 4 is 27.8 Å². The van der Waals surface area contributed by atoms with E-state index in [0.29, 0.717) is 12.2 Å². The summed E-state index contributed by atoms with van der Waals surface area (Å²) in [5, 5.41) is 3.60. The second kappa shape index (κ2) is 14.2. The van der Waals surface area contributed by atoms with E-state index in [1.165, 1.54) is 46.5 Å². The van der Waals surface area contributed by atoms with Gasteiger partial charge in [-0.2, -0.15) is 8.42 Å². The molecule has 0 aliphatic rings. The molecule has 0 fully saturated rings. The molecule has 0 bridgehead atoms. The zero-order chi connectivity index (χ0) is 30.9. The molecule has 0 saturated heterocycles. The van der Waals surface area contributed by atoms with Gasteiger partial charge in [0.1, 0.15) is 0 Å². The van der Waals surface area contributed by atoms with Crippen LogP contribution in [0.2, 0.25) is 0 Å². The largest absolute Gasteiger partial charge is 0.493 e. The highest BCUT2D eigenvalue weighted by molar-refractivity contribution is 7.86. The van der Waals surface area contributed by atoms with Crippen molar-refractivity contribution in [2.75, 3.05) is 33.7 Å². The molecule has 2 unspecified atom stereocenters. The van der Waals surface area contributed by atoms with Gasteiger partial charge < -0.3 is 23.7 Å². The van der Waals surface area contributed by atoms with E-state index in [1.807, 2.05) is 27.7 Å². The van der Waals surface area contributed by atoms with Crippen LogP contribution in [0.3, 0.4) is 0 Å². The van der Waals surface area contributed by atoms with E-state index in [-0.39, 0.29) is 35.2 Å². The number of rotatable bonds is 14. The van der Waals surface area contributed by atoms with Gasteiger partial charge in [-0.05, 0) is 55.7 Å². The van der Waals surface area contributed by atoms with Gasteiger partial charge in [0.2, 0.25) is 0 Å². The molecule has 0 saturated carbocycles. The molecule has 2 atom stereocenters. The molecule has 1 aromatic carbocycles. The molecule has 0 N–H and O–H groups in total. The van der Waals surface area contributed by atoms with E-state index in [9.17, 15) is 18.0 Å². The minimum Gasteiger partial charge on any atom is -0.493 e. The minimum absolute atomic E-state index is 0.0316. The topological polar surface area (TPSA) is 136 Å². The molecule has 1 aromatic rings. The molecule has 1 rings (SSSR count). The first-order valence-corrected chi connectivity index (χ1v) is 14.5. The summed E-state index contributed by atoms with van der Waals surface area (Å²) >= 11 is 0. The lowest BCUT2D eigenvalue weighted by atomic mass is 9.61. The van der Waals surface area contributed by atoms with Crippen LogP contribution in [0.5, 0.6) is 11.5 Å². The first-order chi connectivity index (χ1) is 18.3. The summed E-state index contributed by atoms with van der Waals surface area (Å²) < 4.78 is 56.0. The number of benzene rings is 1. The Kier molecular flexibility index (Phi) is 12.4. The van der Waals surface area contributed by atoms with Crippen LogP contribution in [0, 0.1) is 16.2 Å². The van der Waals surface area contributed by atoms with Crippen LogP contribution in [0.15, 0.2) is 23.4 Å². The quantitative estimate of drug-likeness (QED) is 0.0989. The predicted molar refractivity (Wildman–Crippen MR) is 151 cm³/mol. The lowest BCUT2D eigenvalue weighted by Gasteiger charge is -2.43. The van der Waals surface area contributed by atoms with Crippen molar-refractivity contribution in [2.24, 2.45) is 21.4 Å². The maximum Gasteiger partial charge on any atom is 0.363 e. The van der Waals surface area contributed by atoms with Crippen LogP contribution in [0.25, 0.3) is 0 Å². The third-order valence-electron chi connectivity index (χ3n) is 6.46. The number of oxime groups is 1. The molecule has 0 amide bonds. The Morgan fingerprint density at radius 2 is 1.55 bits per heavy atom. The van der Waals surface area contributed by atoms with E-state index in [4.69, 9.17) is 28.0 Å². The number of carbonyl (C=O) groups excluding carboxylic acids is 2. The van der Waals surface area contributed by atoms with Crippen molar-refractivity contribution in [2.45, 2.75) is 74.5 Å². The normalized spacial score (nSPS) is 15.0. The van der Waals surface area contributed by atoms with Crippen LogP contribution in [-0.2, 0) is 38.2 Å². The Bertz CT molecular complexity index is 1150. The molecule has 0 spiro atoms. The first-order valence-electron chi connectivity index (χ1n) is 12.9. The van der Waals surface area contributed by atoms with Crippen LogP contribution in [-0.4, -0.2) is 66.0 Å². The average molecular weight is 588 g/mol. The zero-order valence-corrected chi connectivity index (χ0v) is 26.4. The highest BCUT2D eigenvalue weighted by Crippen LogP contribution is 2.47. The van der Waals surface area contributed by atoms with Crippen molar-refractivity contribution < 1.29 is 46.0 Å². The highest BCUT2D eigenvalue weighted by atomic mass is 32.2. The first kappa shape index (κ1) is 35.2. The van der Waals surface area contributed by atoms with Gasteiger partial charge in [0.05, 0.1) is 32.0 Å². The van der Waals surface area contributed by atoms with Crippen LogP contribution in [0.1, 0.15) is 73.8 Å². The smallest absolute Gasteiger partial charge is 0.363 e. The summed E-state index contributed by atoms with van der Waals surface area (Å²) in [4.78, 5) is 25.8. The number of esters is 2. The molecular formula is C28H45NO10S. The second-order valence-electron chi connectivity index (χ2n) is 11.9. The van der Waals surface area contributed by atoms with Crippen molar-refractivity contribution in [1.29, 1.82) is 0 Å². The molecular weight excluding hydrogens is 542 g/mol. The van der Waals surface area contributed by atoms with E-state index in [1.54, 1.807) is 0 Å². The fourth-order valence-electron chi connectivity index (χ4n) is 3.84. The maximum atomic E-state index is 13.1. The van der Waals surface area contributed by atoms with Crippen molar-refractivity contribution in [3.8, 4) is 11.5 Å². The van der Waals surface area contributed by atoms with Gasteiger partial charge in [-0.15, -0.1) is 0 Å². The summed E-state index contributed by atoms with van der Waals surface area (Å²) in [6.07, 6.45) is -0.369. The molecule has 12 heteroatoms. The summed E-state index contributed by atoms with van der Waals surface area (Å²) in [7, 11) is -0.0515. The molecule has 0 aliphatic heterocycles. The Balaban J connectivity index is 3.03. The molecule has 0 heterocycles. The average Bonchev–Trinajstić information content (AvgIpc) is 2.84. The summed E-state index contributed by atoms with van der Waals surface area (Å²) in [6, 6.07) is 4.42. The van der Waals surface area contributed by atoms with E-state index in [2.05, 4.69) is 25.9 Å². The van der Waals surface area contributed by atoms with Crippen molar-refractivity contribution in [1.82, 2.24) is 0 Å². The van der Waals surface area contributed by atoms with Gasteiger partial charge in [0.15, 0.2) is 23.5 Å². The number of hydrogen-bond acceptors (Lipinski definition) is 11. The highest BCUT2D eigenvalue weighted by Gasteiger charge is 2.47. The van der Waals surface area contributed by atoms with Gasteiger partial charge >= 0.3 is 22.1 Å². The predicted octanol–water partition coefficient (Wildman–Crippen LogP) is 4.71. The number of carbonyl (C=O) groups is 2. The molecule has 11 nitrogen and oxygen atoms in total. The van der Waals surface area contributed by atoms with Gasteiger partial charge in [-0.1, -0.05) is 46.7 Å². The Morgan fingerprint density at radius 1 is 0.950 bits per heavy atom. The summed E-state index contributed by atoms with van der Waals surface area (Å²) in [6.45, 7) is 15.3. The Morgan fingerprint density at radius 3 is 2.05 bits per heavy atom. The lowest BCUT2D eigenvalue weighted by Crippen LogP contribution is -2.44. The van der Waals surface area contributed by atoms with E-state index >= 15 is 0 Å². The van der Waals surface area contributed by atoms with Crippen LogP contribution < -0.4 is 9.47 Å². The third kappa shape index (κ3) is 10.3. The monoisotopic (exact) mass is 587 g/mol. The number of methoxy groups -OCH3 is 3.